The highest BCUT2D eigenvalue weighted by Gasteiger charge is 2.54. The van der Waals surface area contributed by atoms with Crippen LogP contribution in [0.2, 0.25) is 0 Å². The molecule has 1 aliphatic carbocycles. The molecule has 166 valence electrons. The normalized spacial score (nSPS) is 17.2. The Morgan fingerprint density at radius 2 is 1.75 bits per heavy atom. The highest BCUT2D eigenvalue weighted by Crippen LogP contribution is 2.54. The molecule has 0 radical (unpaired) electrons. The van der Waals surface area contributed by atoms with Gasteiger partial charge in [-0.2, -0.15) is 5.10 Å². The average Bonchev–Trinajstić information content (AvgIpc) is 3.08. The maximum absolute atomic E-state index is 13.7. The van der Waals surface area contributed by atoms with Crippen LogP contribution in [0.15, 0.2) is 42.5 Å². The van der Waals surface area contributed by atoms with E-state index in [0.29, 0.717) is 18.7 Å². The van der Waals surface area contributed by atoms with Gasteiger partial charge in [-0.25, -0.2) is 8.78 Å². The van der Waals surface area contributed by atoms with Gasteiger partial charge in [0.15, 0.2) is 0 Å². The van der Waals surface area contributed by atoms with E-state index in [1.165, 1.54) is 37.4 Å². The first-order valence-corrected chi connectivity index (χ1v) is 10.7. The van der Waals surface area contributed by atoms with E-state index in [2.05, 4.69) is 0 Å². The van der Waals surface area contributed by atoms with Gasteiger partial charge in [-0.3, -0.25) is 9.48 Å². The Hall–Kier alpha value is -3.22. The smallest absolute Gasteiger partial charge is 0.257 e. The first-order chi connectivity index (χ1) is 15.3. The molecule has 0 unspecified atom stereocenters. The molecule has 2 aromatic carbocycles. The van der Waals surface area contributed by atoms with Crippen LogP contribution < -0.4 is 4.74 Å². The van der Waals surface area contributed by atoms with E-state index in [9.17, 15) is 13.6 Å². The molecular weight excluding hydrogens is 412 g/mol. The van der Waals surface area contributed by atoms with Gasteiger partial charge in [-0.1, -0.05) is 6.07 Å². The van der Waals surface area contributed by atoms with Crippen LogP contribution in [-0.4, -0.2) is 40.8 Å². The largest absolute Gasteiger partial charge is 0.496 e. The standard InChI is InChI=1S/C25H25F2N3O2/c1-15-4-5-17(26)9-21(15)22-8-16(2)30(28-22)19-11-25(12-19)13-29(14-25)24(31)20-7-6-18(27)10-23(20)32-3/h4-10,19H,11-14H2,1-3H3. The summed E-state index contributed by atoms with van der Waals surface area (Å²) in [6.45, 7) is 5.34. The molecule has 5 rings (SSSR count). The second-order valence-corrected chi connectivity index (χ2v) is 9.14. The summed E-state index contributed by atoms with van der Waals surface area (Å²) in [7, 11) is 1.44. The number of hydrogen-bond acceptors (Lipinski definition) is 3. The zero-order chi connectivity index (χ0) is 22.6. The van der Waals surface area contributed by atoms with Gasteiger partial charge >= 0.3 is 0 Å². The summed E-state index contributed by atoms with van der Waals surface area (Å²) in [6.07, 6.45) is 1.89. The van der Waals surface area contributed by atoms with Crippen molar-refractivity contribution in [2.45, 2.75) is 32.7 Å². The Kier molecular flexibility index (Phi) is 4.80. The number of nitrogens with zero attached hydrogens (tertiary/aromatic N) is 3. The van der Waals surface area contributed by atoms with Crippen LogP contribution in [0.25, 0.3) is 11.3 Å². The number of carbonyl (C=O) groups is 1. The van der Waals surface area contributed by atoms with Gasteiger partial charge in [-0.15, -0.1) is 0 Å². The molecular formula is C25H25F2N3O2. The zero-order valence-corrected chi connectivity index (χ0v) is 18.4. The van der Waals surface area contributed by atoms with Gasteiger partial charge in [0.2, 0.25) is 0 Å². The lowest BCUT2D eigenvalue weighted by Gasteiger charge is -2.59. The summed E-state index contributed by atoms with van der Waals surface area (Å²) < 4.78 is 34.4. The fraction of sp³-hybridized carbons (Fsp3) is 0.360. The molecule has 1 aliphatic heterocycles. The summed E-state index contributed by atoms with van der Waals surface area (Å²) in [5.41, 5.74) is 4.14. The van der Waals surface area contributed by atoms with Gasteiger partial charge in [0.05, 0.1) is 24.4 Å². The minimum absolute atomic E-state index is 0.112. The van der Waals surface area contributed by atoms with Crippen molar-refractivity contribution in [2.24, 2.45) is 5.41 Å². The van der Waals surface area contributed by atoms with E-state index in [1.807, 2.05) is 24.6 Å². The predicted octanol–water partition coefficient (Wildman–Crippen LogP) is 4.93. The zero-order valence-electron chi connectivity index (χ0n) is 18.4. The number of benzene rings is 2. The third-order valence-electron chi connectivity index (χ3n) is 6.81. The summed E-state index contributed by atoms with van der Waals surface area (Å²) in [5.74, 6) is -0.565. The number of aromatic nitrogens is 2. The van der Waals surface area contributed by atoms with Crippen molar-refractivity contribution >= 4 is 5.91 Å². The second kappa shape index (κ2) is 7.43. The quantitative estimate of drug-likeness (QED) is 0.581. The van der Waals surface area contributed by atoms with Gasteiger partial charge in [0.1, 0.15) is 17.4 Å². The van der Waals surface area contributed by atoms with E-state index in [0.717, 1.165) is 35.4 Å². The SMILES string of the molecule is COc1cc(F)ccc1C(=O)N1CC2(CC(n3nc(-c4cc(F)ccc4C)cc3C)C2)C1. The predicted molar refractivity (Wildman–Crippen MR) is 117 cm³/mol. The molecule has 1 aromatic heterocycles. The Morgan fingerprint density at radius 3 is 2.47 bits per heavy atom. The molecule has 32 heavy (non-hydrogen) atoms. The van der Waals surface area contributed by atoms with E-state index >= 15 is 0 Å². The number of ether oxygens (including phenoxy) is 1. The molecule has 2 aliphatic rings. The number of likely N-dealkylation sites (tertiary alicyclic amines) is 1. The molecule has 2 heterocycles. The number of hydrogen-bond donors (Lipinski definition) is 0. The van der Waals surface area contributed by atoms with E-state index in [4.69, 9.17) is 9.84 Å². The van der Waals surface area contributed by atoms with Gasteiger partial charge in [-0.05, 0) is 62.6 Å². The Balaban J connectivity index is 1.25. The van der Waals surface area contributed by atoms with E-state index in [1.54, 1.807) is 11.0 Å². The maximum atomic E-state index is 13.7. The molecule has 1 saturated heterocycles. The first kappa shape index (κ1) is 20.7. The van der Waals surface area contributed by atoms with Crippen molar-refractivity contribution in [3.8, 4) is 17.0 Å². The molecule has 7 heteroatoms. The van der Waals surface area contributed by atoms with E-state index in [-0.39, 0.29) is 28.9 Å². The average molecular weight is 437 g/mol. The van der Waals surface area contributed by atoms with Crippen LogP contribution in [0.3, 0.4) is 0 Å². The first-order valence-electron chi connectivity index (χ1n) is 10.7. The van der Waals surface area contributed by atoms with Gasteiger partial charge in [0.25, 0.3) is 5.91 Å². The van der Waals surface area contributed by atoms with Gasteiger partial charge < -0.3 is 9.64 Å². The summed E-state index contributed by atoms with van der Waals surface area (Å²) in [4.78, 5) is 14.6. The molecule has 0 atom stereocenters. The Morgan fingerprint density at radius 1 is 1.06 bits per heavy atom. The Labute approximate surface area is 185 Å². The highest BCUT2D eigenvalue weighted by molar-refractivity contribution is 5.97. The van der Waals surface area contributed by atoms with Crippen LogP contribution >= 0.6 is 0 Å². The minimum Gasteiger partial charge on any atom is -0.496 e. The van der Waals surface area contributed by atoms with Crippen LogP contribution in [0.1, 0.15) is 40.5 Å². The van der Waals surface area contributed by atoms with Crippen molar-refractivity contribution in [1.82, 2.24) is 14.7 Å². The lowest BCUT2D eigenvalue weighted by atomic mass is 9.60. The highest BCUT2D eigenvalue weighted by atomic mass is 19.1. The number of halogens is 2. The molecule has 2 fully saturated rings. The number of carbonyl (C=O) groups excluding carboxylic acids is 1. The number of methoxy groups -OCH3 is 1. The van der Waals surface area contributed by atoms with Crippen molar-refractivity contribution in [3.05, 3.63) is 70.9 Å². The third-order valence-corrected chi connectivity index (χ3v) is 6.81. The van der Waals surface area contributed by atoms with Crippen LogP contribution in [-0.2, 0) is 0 Å². The fourth-order valence-corrected chi connectivity index (χ4v) is 5.15. The second-order valence-electron chi connectivity index (χ2n) is 9.14. The van der Waals surface area contributed by atoms with Crippen molar-refractivity contribution < 1.29 is 18.3 Å². The van der Waals surface area contributed by atoms with Crippen molar-refractivity contribution in [2.75, 3.05) is 20.2 Å². The fourth-order valence-electron chi connectivity index (χ4n) is 5.15. The molecule has 1 amide bonds. The van der Waals surface area contributed by atoms with Crippen LogP contribution in [0, 0.1) is 30.9 Å². The summed E-state index contributed by atoms with van der Waals surface area (Å²) in [6, 6.07) is 11.0. The minimum atomic E-state index is -0.428. The molecule has 3 aromatic rings. The summed E-state index contributed by atoms with van der Waals surface area (Å²) >= 11 is 0. The third kappa shape index (κ3) is 3.36. The van der Waals surface area contributed by atoms with Crippen molar-refractivity contribution in [1.29, 1.82) is 0 Å². The molecule has 5 nitrogen and oxygen atoms in total. The van der Waals surface area contributed by atoms with Crippen LogP contribution in [0.4, 0.5) is 8.78 Å². The molecule has 1 spiro atoms. The molecule has 0 N–H and O–H groups in total. The van der Waals surface area contributed by atoms with Gasteiger partial charge in [0, 0.05) is 35.8 Å². The van der Waals surface area contributed by atoms with Crippen LogP contribution in [0.5, 0.6) is 5.75 Å². The topological polar surface area (TPSA) is 47.4 Å². The lowest BCUT2D eigenvalue weighted by molar-refractivity contribution is -0.0742. The molecule has 1 saturated carbocycles. The lowest BCUT2D eigenvalue weighted by Crippen LogP contribution is -2.63. The number of rotatable bonds is 4. The number of amides is 1. The van der Waals surface area contributed by atoms with E-state index < -0.39 is 5.82 Å². The number of aryl methyl sites for hydroxylation is 2. The van der Waals surface area contributed by atoms with Crippen molar-refractivity contribution in [3.63, 3.8) is 0 Å². The maximum Gasteiger partial charge on any atom is 0.257 e. The molecule has 0 bridgehead atoms. The Bertz CT molecular complexity index is 1210. The summed E-state index contributed by atoms with van der Waals surface area (Å²) in [5, 5.41) is 4.78. The monoisotopic (exact) mass is 437 g/mol.